The first-order valence-corrected chi connectivity index (χ1v) is 8.57. The molecule has 1 saturated heterocycles. The highest BCUT2D eigenvalue weighted by atomic mass is 32.1. The predicted octanol–water partition coefficient (Wildman–Crippen LogP) is 2.01. The van der Waals surface area contributed by atoms with Crippen LogP contribution in [-0.4, -0.2) is 34.3 Å². The molecule has 0 aromatic carbocycles. The Bertz CT molecular complexity index is 855. The summed E-state index contributed by atoms with van der Waals surface area (Å²) in [6, 6.07) is 2.85. The largest absolute Gasteiger partial charge is 0.353 e. The number of amides is 3. The summed E-state index contributed by atoms with van der Waals surface area (Å²) in [4.78, 5) is 39.7. The zero-order valence-electron chi connectivity index (χ0n) is 13.0. The molecule has 0 saturated carbocycles. The molecule has 124 valence electrons. The van der Waals surface area contributed by atoms with Crippen LogP contribution in [0.3, 0.4) is 0 Å². The molecule has 24 heavy (non-hydrogen) atoms. The van der Waals surface area contributed by atoms with Crippen LogP contribution in [0, 0.1) is 6.92 Å². The molecule has 1 N–H and O–H groups in total. The molecule has 1 aliphatic heterocycles. The highest BCUT2D eigenvalue weighted by Gasteiger charge is 2.54. The van der Waals surface area contributed by atoms with Gasteiger partial charge in [-0.05, 0) is 37.6 Å². The molecule has 7 nitrogen and oxygen atoms in total. The van der Waals surface area contributed by atoms with Crippen LogP contribution >= 0.6 is 11.3 Å². The number of ketones is 1. The molecule has 0 unspecified atom stereocenters. The maximum absolute atomic E-state index is 13.0. The molecular formula is C16H15N3O4S. The lowest BCUT2D eigenvalue weighted by molar-refractivity contribution is -0.131. The van der Waals surface area contributed by atoms with Crippen LogP contribution in [0.4, 0.5) is 4.79 Å². The number of nitrogens with zero attached hydrogens (tertiary/aromatic N) is 2. The summed E-state index contributed by atoms with van der Waals surface area (Å²) >= 11 is 1.59. The summed E-state index contributed by atoms with van der Waals surface area (Å²) in [6.45, 7) is 1.35. The molecule has 2 aromatic heterocycles. The average molecular weight is 345 g/mol. The number of aromatic nitrogens is 1. The first kappa shape index (κ1) is 15.1. The van der Waals surface area contributed by atoms with Crippen molar-refractivity contribution in [1.29, 1.82) is 0 Å². The molecule has 1 aliphatic carbocycles. The molecule has 0 radical (unpaired) electrons. The second-order valence-electron chi connectivity index (χ2n) is 6.09. The highest BCUT2D eigenvalue weighted by molar-refractivity contribution is 7.10. The van der Waals surface area contributed by atoms with Crippen molar-refractivity contribution >= 4 is 29.1 Å². The van der Waals surface area contributed by atoms with Gasteiger partial charge < -0.3 is 9.84 Å². The lowest BCUT2D eigenvalue weighted by Gasteiger charge is -2.31. The van der Waals surface area contributed by atoms with Gasteiger partial charge in [-0.15, -0.1) is 11.3 Å². The van der Waals surface area contributed by atoms with Gasteiger partial charge in [0.15, 0.2) is 0 Å². The highest BCUT2D eigenvalue weighted by Crippen LogP contribution is 2.42. The number of aryl methyl sites for hydroxylation is 2. The van der Waals surface area contributed by atoms with E-state index in [1.54, 1.807) is 18.3 Å². The number of nitrogens with one attached hydrogen (secondary N) is 1. The molecule has 2 aromatic rings. The van der Waals surface area contributed by atoms with Gasteiger partial charge in [0.1, 0.15) is 5.54 Å². The average Bonchev–Trinajstić information content (AvgIpc) is 3.24. The minimum Gasteiger partial charge on any atom is -0.353 e. The Balaban J connectivity index is 1.62. The SMILES string of the molecule is Cc1cc(C(=O)CN2C(=O)N[C@@]3(CCCc4sccc43)C2=O)on1. The molecule has 1 atom stereocenters. The Hall–Kier alpha value is -2.48. The van der Waals surface area contributed by atoms with Crippen molar-refractivity contribution in [3.8, 4) is 0 Å². The molecule has 1 fully saturated rings. The third kappa shape index (κ3) is 2.10. The number of urea groups is 1. The van der Waals surface area contributed by atoms with E-state index in [1.807, 2.05) is 11.4 Å². The fourth-order valence-electron chi connectivity index (χ4n) is 3.40. The Morgan fingerprint density at radius 1 is 1.50 bits per heavy atom. The van der Waals surface area contributed by atoms with Gasteiger partial charge >= 0.3 is 6.03 Å². The lowest BCUT2D eigenvalue weighted by Crippen LogP contribution is -2.46. The minimum atomic E-state index is -1.03. The predicted molar refractivity (Wildman–Crippen MR) is 84.8 cm³/mol. The zero-order chi connectivity index (χ0) is 16.9. The third-order valence-electron chi connectivity index (χ3n) is 4.54. The molecule has 4 rings (SSSR count). The van der Waals surface area contributed by atoms with Crippen molar-refractivity contribution in [3.05, 3.63) is 39.4 Å². The standard InChI is InChI=1S/C16H15N3O4S/c1-9-7-12(23-18-9)11(20)8-19-14(21)16(17-15(19)22)5-2-3-13-10(16)4-6-24-13/h4,6-7H,2-3,5,8H2,1H3,(H,17,22)/t16-/m1/s1. The fraction of sp³-hybridized carbons (Fsp3) is 0.375. The van der Waals surface area contributed by atoms with E-state index in [4.69, 9.17) is 4.52 Å². The van der Waals surface area contributed by atoms with Crippen LogP contribution in [0.1, 0.15) is 39.5 Å². The number of Topliss-reactive ketones (excluding diaryl/α,β-unsaturated/α-hetero) is 1. The van der Waals surface area contributed by atoms with Gasteiger partial charge in [0.25, 0.3) is 5.91 Å². The second kappa shape index (κ2) is 5.27. The normalized spacial score (nSPS) is 22.8. The van der Waals surface area contributed by atoms with Gasteiger partial charge in [0.05, 0.1) is 12.2 Å². The number of thiophene rings is 1. The van der Waals surface area contributed by atoms with Crippen molar-refractivity contribution in [2.24, 2.45) is 0 Å². The number of carbonyl (C=O) groups excluding carboxylic acids is 3. The Morgan fingerprint density at radius 2 is 2.33 bits per heavy atom. The first-order chi connectivity index (χ1) is 11.5. The number of carbonyl (C=O) groups is 3. The van der Waals surface area contributed by atoms with E-state index >= 15 is 0 Å². The topological polar surface area (TPSA) is 92.5 Å². The van der Waals surface area contributed by atoms with Gasteiger partial charge in [-0.25, -0.2) is 4.79 Å². The number of hydrogen-bond acceptors (Lipinski definition) is 6. The van der Waals surface area contributed by atoms with E-state index in [1.165, 1.54) is 6.07 Å². The van der Waals surface area contributed by atoms with E-state index in [0.717, 1.165) is 28.2 Å². The maximum atomic E-state index is 13.0. The Labute approximate surface area is 141 Å². The number of rotatable bonds is 3. The van der Waals surface area contributed by atoms with E-state index in [9.17, 15) is 14.4 Å². The Kier molecular flexibility index (Phi) is 3.31. The second-order valence-corrected chi connectivity index (χ2v) is 7.09. The van der Waals surface area contributed by atoms with E-state index in [0.29, 0.717) is 12.1 Å². The number of imide groups is 1. The minimum absolute atomic E-state index is 0.0499. The lowest BCUT2D eigenvalue weighted by atomic mass is 9.80. The Morgan fingerprint density at radius 3 is 3.08 bits per heavy atom. The van der Waals surface area contributed by atoms with Crippen LogP contribution < -0.4 is 5.32 Å². The summed E-state index contributed by atoms with van der Waals surface area (Å²) in [5.41, 5.74) is 0.409. The van der Waals surface area contributed by atoms with Crippen molar-refractivity contribution < 1.29 is 18.9 Å². The summed E-state index contributed by atoms with van der Waals surface area (Å²) in [5, 5.41) is 8.41. The zero-order valence-corrected chi connectivity index (χ0v) is 13.8. The van der Waals surface area contributed by atoms with Gasteiger partial charge in [0, 0.05) is 16.5 Å². The molecule has 3 heterocycles. The molecule has 1 spiro atoms. The fourth-order valence-corrected chi connectivity index (χ4v) is 4.40. The van der Waals surface area contributed by atoms with Crippen molar-refractivity contribution in [3.63, 3.8) is 0 Å². The number of hydrogen-bond donors (Lipinski definition) is 1. The van der Waals surface area contributed by atoms with Crippen molar-refractivity contribution in [2.75, 3.05) is 6.54 Å². The van der Waals surface area contributed by atoms with Gasteiger partial charge in [0.2, 0.25) is 11.5 Å². The van der Waals surface area contributed by atoms with Crippen molar-refractivity contribution in [1.82, 2.24) is 15.4 Å². The molecule has 0 bridgehead atoms. The van der Waals surface area contributed by atoms with Crippen LogP contribution in [-0.2, 0) is 16.8 Å². The van der Waals surface area contributed by atoms with E-state index in [-0.39, 0.29) is 18.2 Å². The summed E-state index contributed by atoms with van der Waals surface area (Å²) < 4.78 is 4.92. The molecular weight excluding hydrogens is 330 g/mol. The summed E-state index contributed by atoms with van der Waals surface area (Å²) in [6.07, 6.45) is 2.28. The quantitative estimate of drug-likeness (QED) is 0.678. The van der Waals surface area contributed by atoms with Crippen LogP contribution in [0.2, 0.25) is 0 Å². The van der Waals surface area contributed by atoms with Gasteiger partial charge in [-0.3, -0.25) is 14.5 Å². The smallest absolute Gasteiger partial charge is 0.325 e. The summed E-state index contributed by atoms with van der Waals surface area (Å²) in [7, 11) is 0. The van der Waals surface area contributed by atoms with E-state index < -0.39 is 17.4 Å². The van der Waals surface area contributed by atoms with Crippen molar-refractivity contribution in [2.45, 2.75) is 31.7 Å². The third-order valence-corrected chi connectivity index (χ3v) is 5.52. The van der Waals surface area contributed by atoms with Crippen LogP contribution in [0.5, 0.6) is 0 Å². The summed E-state index contributed by atoms with van der Waals surface area (Å²) in [5.74, 6) is -0.761. The number of fused-ring (bicyclic) bond motifs is 2. The monoisotopic (exact) mass is 345 g/mol. The van der Waals surface area contributed by atoms with Gasteiger partial charge in [-0.1, -0.05) is 5.16 Å². The molecule has 8 heteroatoms. The molecule has 2 aliphatic rings. The maximum Gasteiger partial charge on any atom is 0.325 e. The van der Waals surface area contributed by atoms with E-state index in [2.05, 4.69) is 10.5 Å². The molecule has 3 amide bonds. The van der Waals surface area contributed by atoms with Crippen LogP contribution in [0.25, 0.3) is 0 Å². The first-order valence-electron chi connectivity index (χ1n) is 7.69. The van der Waals surface area contributed by atoms with Gasteiger partial charge in [-0.2, -0.15) is 0 Å². The van der Waals surface area contributed by atoms with Crippen LogP contribution in [0.15, 0.2) is 22.0 Å².